The van der Waals surface area contributed by atoms with Crippen LogP contribution in [0.1, 0.15) is 58.3 Å². The Kier molecular flexibility index (Phi) is 7.67. The number of hydrogen-bond donors (Lipinski definition) is 1. The van der Waals surface area contributed by atoms with E-state index in [-0.39, 0.29) is 10.6 Å². The minimum atomic E-state index is -3.22. The molecular weight excluding hydrogens is 270 g/mol. The van der Waals surface area contributed by atoms with Gasteiger partial charge in [-0.3, -0.25) is 0 Å². The third-order valence-corrected chi connectivity index (χ3v) is 5.39. The zero-order valence-electron chi connectivity index (χ0n) is 12.5. The van der Waals surface area contributed by atoms with E-state index >= 15 is 0 Å². The van der Waals surface area contributed by atoms with Gasteiger partial charge in [-0.25, -0.2) is 8.42 Å². The normalized spacial score (nSPS) is 11.7. The van der Waals surface area contributed by atoms with Crippen LogP contribution < -0.4 is 5.73 Å². The zero-order valence-corrected chi connectivity index (χ0v) is 13.3. The van der Waals surface area contributed by atoms with Crippen LogP contribution in [-0.4, -0.2) is 14.2 Å². The highest BCUT2D eigenvalue weighted by Crippen LogP contribution is 2.20. The minimum absolute atomic E-state index is 0.205. The summed E-state index contributed by atoms with van der Waals surface area (Å²) >= 11 is 0. The number of nitrogens with two attached hydrogens (primary N) is 1. The van der Waals surface area contributed by atoms with E-state index in [9.17, 15) is 8.42 Å². The molecule has 1 rings (SSSR count). The lowest BCUT2D eigenvalue weighted by molar-refractivity contribution is 0.572. The lowest BCUT2D eigenvalue weighted by atomic mass is 10.1. The second-order valence-corrected chi connectivity index (χ2v) is 7.41. The van der Waals surface area contributed by atoms with Crippen LogP contribution in [0.15, 0.2) is 29.2 Å². The average Bonchev–Trinajstić information content (AvgIpc) is 2.42. The molecule has 4 heteroatoms. The Hall–Kier alpha value is -1.03. The highest BCUT2D eigenvalue weighted by Gasteiger charge is 2.16. The van der Waals surface area contributed by atoms with Crippen LogP contribution in [0.2, 0.25) is 0 Å². The Balaban J connectivity index is 2.26. The molecule has 0 radical (unpaired) electrons. The number of nitrogen functional groups attached to an aromatic ring is 1. The fourth-order valence-corrected chi connectivity index (χ4v) is 3.82. The summed E-state index contributed by atoms with van der Waals surface area (Å²) in [6.45, 7) is 2.21. The SMILES string of the molecule is CCCCCCCCCCS(=O)(=O)c1ccccc1N. The number of sulfone groups is 1. The van der Waals surface area contributed by atoms with Crippen LogP contribution >= 0.6 is 0 Å². The molecule has 2 N–H and O–H groups in total. The largest absolute Gasteiger partial charge is 0.398 e. The number of benzene rings is 1. The van der Waals surface area contributed by atoms with Gasteiger partial charge in [0.15, 0.2) is 9.84 Å². The van der Waals surface area contributed by atoms with Gasteiger partial charge in [0.2, 0.25) is 0 Å². The summed E-state index contributed by atoms with van der Waals surface area (Å²) in [5.41, 5.74) is 6.08. The molecule has 0 atom stereocenters. The van der Waals surface area contributed by atoms with E-state index in [4.69, 9.17) is 5.73 Å². The van der Waals surface area contributed by atoms with E-state index in [1.807, 2.05) is 0 Å². The van der Waals surface area contributed by atoms with E-state index in [2.05, 4.69) is 6.92 Å². The van der Waals surface area contributed by atoms with Gasteiger partial charge in [0.1, 0.15) is 0 Å². The average molecular weight is 297 g/mol. The molecule has 0 aliphatic heterocycles. The zero-order chi connectivity index (χ0) is 14.8. The van der Waals surface area contributed by atoms with Gasteiger partial charge in [-0.15, -0.1) is 0 Å². The predicted molar refractivity (Wildman–Crippen MR) is 85.5 cm³/mol. The molecule has 3 nitrogen and oxygen atoms in total. The number of unbranched alkanes of at least 4 members (excludes halogenated alkanes) is 7. The Labute approximate surface area is 123 Å². The molecule has 0 aliphatic carbocycles. The minimum Gasteiger partial charge on any atom is -0.398 e. The first kappa shape index (κ1) is 17.0. The van der Waals surface area contributed by atoms with Gasteiger partial charge < -0.3 is 5.73 Å². The fraction of sp³-hybridized carbons (Fsp3) is 0.625. The number of hydrogen-bond acceptors (Lipinski definition) is 3. The molecule has 0 aliphatic rings. The predicted octanol–water partition coefficient (Wildman–Crippen LogP) is 4.18. The molecule has 0 aromatic heterocycles. The second-order valence-electron chi connectivity index (χ2n) is 5.33. The van der Waals surface area contributed by atoms with Crippen LogP contribution in [0, 0.1) is 0 Å². The molecule has 0 fully saturated rings. The van der Waals surface area contributed by atoms with Crippen LogP contribution in [0.4, 0.5) is 5.69 Å². The van der Waals surface area contributed by atoms with E-state index in [1.165, 1.54) is 32.1 Å². The topological polar surface area (TPSA) is 60.2 Å². The van der Waals surface area contributed by atoms with Crippen molar-refractivity contribution in [2.75, 3.05) is 11.5 Å². The molecule has 114 valence electrons. The summed E-state index contributed by atoms with van der Waals surface area (Å²) in [7, 11) is -3.22. The van der Waals surface area contributed by atoms with E-state index in [0.717, 1.165) is 19.3 Å². The molecule has 0 saturated heterocycles. The molecule has 0 amide bonds. The van der Waals surface area contributed by atoms with E-state index < -0.39 is 9.84 Å². The van der Waals surface area contributed by atoms with Crippen molar-refractivity contribution in [1.29, 1.82) is 0 Å². The summed E-state index contributed by atoms with van der Waals surface area (Å²) < 4.78 is 24.3. The lowest BCUT2D eigenvalue weighted by Gasteiger charge is -2.07. The molecule has 0 spiro atoms. The van der Waals surface area contributed by atoms with Gasteiger partial charge in [-0.2, -0.15) is 0 Å². The van der Waals surface area contributed by atoms with Gasteiger partial charge in [-0.1, -0.05) is 64.0 Å². The van der Waals surface area contributed by atoms with E-state index in [1.54, 1.807) is 24.3 Å². The molecule has 0 bridgehead atoms. The number of para-hydroxylation sites is 1. The van der Waals surface area contributed by atoms with Gasteiger partial charge in [0.25, 0.3) is 0 Å². The Morgan fingerprint density at radius 1 is 0.900 bits per heavy atom. The van der Waals surface area contributed by atoms with Crippen molar-refractivity contribution in [2.45, 2.75) is 63.2 Å². The smallest absolute Gasteiger partial charge is 0.180 e. The Morgan fingerprint density at radius 2 is 1.45 bits per heavy atom. The molecule has 0 heterocycles. The van der Waals surface area contributed by atoms with E-state index in [0.29, 0.717) is 5.69 Å². The van der Waals surface area contributed by atoms with Crippen molar-refractivity contribution in [1.82, 2.24) is 0 Å². The maximum Gasteiger partial charge on any atom is 0.180 e. The van der Waals surface area contributed by atoms with Crippen LogP contribution in [0.5, 0.6) is 0 Å². The van der Waals surface area contributed by atoms with Crippen molar-refractivity contribution < 1.29 is 8.42 Å². The number of anilines is 1. The monoisotopic (exact) mass is 297 g/mol. The van der Waals surface area contributed by atoms with Gasteiger partial charge in [0, 0.05) is 0 Å². The highest BCUT2D eigenvalue weighted by molar-refractivity contribution is 7.91. The van der Waals surface area contributed by atoms with Crippen LogP contribution in [0.25, 0.3) is 0 Å². The summed E-state index contributed by atoms with van der Waals surface area (Å²) in [6, 6.07) is 6.71. The molecule has 0 saturated carbocycles. The van der Waals surface area contributed by atoms with Crippen molar-refractivity contribution in [2.24, 2.45) is 0 Å². The first-order chi connectivity index (χ1) is 9.58. The Morgan fingerprint density at radius 3 is 2.05 bits per heavy atom. The second kappa shape index (κ2) is 9.01. The quantitative estimate of drug-likeness (QED) is 0.520. The third kappa shape index (κ3) is 5.95. The molecule has 0 unspecified atom stereocenters. The summed E-state index contributed by atoms with van der Waals surface area (Å²) in [4.78, 5) is 0.281. The fourth-order valence-electron chi connectivity index (χ4n) is 2.30. The van der Waals surface area contributed by atoms with Crippen molar-refractivity contribution in [3.8, 4) is 0 Å². The van der Waals surface area contributed by atoms with Crippen LogP contribution in [0.3, 0.4) is 0 Å². The van der Waals surface area contributed by atoms with Gasteiger partial charge in [-0.05, 0) is 18.6 Å². The standard InChI is InChI=1S/C16H27NO2S/c1-2-3-4-5-6-7-8-11-14-20(18,19)16-13-10-9-12-15(16)17/h9-10,12-13H,2-8,11,14,17H2,1H3. The number of rotatable bonds is 10. The molecule has 1 aromatic carbocycles. The maximum atomic E-state index is 12.1. The summed E-state index contributed by atoms with van der Waals surface area (Å²) in [5, 5.41) is 0. The highest BCUT2D eigenvalue weighted by atomic mass is 32.2. The van der Waals surface area contributed by atoms with Crippen molar-refractivity contribution >= 4 is 15.5 Å². The molecule has 20 heavy (non-hydrogen) atoms. The Bertz CT molecular complexity index is 483. The first-order valence-corrected chi connectivity index (χ1v) is 9.30. The summed E-state index contributed by atoms with van der Waals surface area (Å²) in [6.07, 6.45) is 9.19. The lowest BCUT2D eigenvalue weighted by Crippen LogP contribution is -2.09. The van der Waals surface area contributed by atoms with Gasteiger partial charge >= 0.3 is 0 Å². The third-order valence-electron chi connectivity index (χ3n) is 3.52. The summed E-state index contributed by atoms with van der Waals surface area (Å²) in [5.74, 6) is 0.205. The first-order valence-electron chi connectivity index (χ1n) is 7.65. The molecule has 1 aromatic rings. The maximum absolute atomic E-state index is 12.1. The van der Waals surface area contributed by atoms with Crippen LogP contribution in [-0.2, 0) is 9.84 Å². The van der Waals surface area contributed by atoms with Crippen molar-refractivity contribution in [3.05, 3.63) is 24.3 Å². The van der Waals surface area contributed by atoms with Gasteiger partial charge in [0.05, 0.1) is 16.3 Å². The van der Waals surface area contributed by atoms with Crippen molar-refractivity contribution in [3.63, 3.8) is 0 Å². The molecular formula is C16H27NO2S.